The highest BCUT2D eigenvalue weighted by Crippen LogP contribution is 2.14. The molecule has 0 amide bonds. The molecule has 0 aliphatic heterocycles. The average Bonchev–Trinajstić information content (AvgIpc) is 2.63. The van der Waals surface area contributed by atoms with Crippen molar-refractivity contribution in [3.05, 3.63) is 17.5 Å². The van der Waals surface area contributed by atoms with Gasteiger partial charge in [0.2, 0.25) is 5.95 Å². The molecule has 0 saturated heterocycles. The highest BCUT2D eigenvalue weighted by molar-refractivity contribution is 6.29. The van der Waals surface area contributed by atoms with Gasteiger partial charge in [-0.3, -0.25) is 4.98 Å². The fourth-order valence-electron chi connectivity index (χ4n) is 1.31. The predicted molar refractivity (Wildman–Crippen MR) is 59.2 cm³/mol. The van der Waals surface area contributed by atoms with Crippen molar-refractivity contribution in [1.29, 1.82) is 0 Å². The van der Waals surface area contributed by atoms with Crippen molar-refractivity contribution in [2.24, 2.45) is 0 Å². The standard InChI is InChI=1S/C9H12ClN5/c1-2-3-4-12-9-14-13-8-6-11-5-7(10)15(8)9/h5-6H,2-4H2,1H3,(H,12,14). The lowest BCUT2D eigenvalue weighted by Crippen LogP contribution is -2.05. The zero-order valence-corrected chi connectivity index (χ0v) is 9.20. The van der Waals surface area contributed by atoms with Gasteiger partial charge in [0, 0.05) is 6.54 Å². The molecule has 0 atom stereocenters. The number of unbranched alkanes of at least 4 members (excludes halogenated alkanes) is 1. The maximum atomic E-state index is 6.00. The van der Waals surface area contributed by atoms with Crippen LogP contribution in [0.5, 0.6) is 0 Å². The Balaban J connectivity index is 2.27. The summed E-state index contributed by atoms with van der Waals surface area (Å²) in [5.41, 5.74) is 0.654. The Kier molecular flexibility index (Phi) is 3.01. The van der Waals surface area contributed by atoms with E-state index in [1.807, 2.05) is 0 Å². The van der Waals surface area contributed by atoms with Crippen LogP contribution in [0.3, 0.4) is 0 Å². The van der Waals surface area contributed by atoms with E-state index in [-0.39, 0.29) is 0 Å². The van der Waals surface area contributed by atoms with Crippen molar-refractivity contribution in [2.45, 2.75) is 19.8 Å². The number of hydrogen-bond acceptors (Lipinski definition) is 4. The number of nitrogens with one attached hydrogen (secondary N) is 1. The maximum absolute atomic E-state index is 6.00. The molecular weight excluding hydrogens is 214 g/mol. The van der Waals surface area contributed by atoms with Crippen molar-refractivity contribution in [3.63, 3.8) is 0 Å². The lowest BCUT2D eigenvalue weighted by Gasteiger charge is -2.03. The monoisotopic (exact) mass is 225 g/mol. The van der Waals surface area contributed by atoms with Crippen molar-refractivity contribution >= 4 is 23.2 Å². The molecule has 5 nitrogen and oxygen atoms in total. The highest BCUT2D eigenvalue weighted by atomic mass is 35.5. The van der Waals surface area contributed by atoms with Crippen LogP contribution < -0.4 is 5.32 Å². The Hall–Kier alpha value is -1.36. The van der Waals surface area contributed by atoms with Gasteiger partial charge in [0.05, 0.1) is 12.4 Å². The van der Waals surface area contributed by atoms with Gasteiger partial charge in [-0.2, -0.15) is 0 Å². The second-order valence-corrected chi connectivity index (χ2v) is 3.61. The molecule has 15 heavy (non-hydrogen) atoms. The van der Waals surface area contributed by atoms with Crippen molar-refractivity contribution in [1.82, 2.24) is 19.6 Å². The maximum Gasteiger partial charge on any atom is 0.230 e. The highest BCUT2D eigenvalue weighted by Gasteiger charge is 2.07. The van der Waals surface area contributed by atoms with Crippen LogP contribution in [-0.2, 0) is 0 Å². The van der Waals surface area contributed by atoms with Crippen molar-refractivity contribution in [3.8, 4) is 0 Å². The molecule has 0 spiro atoms. The zero-order chi connectivity index (χ0) is 10.7. The number of anilines is 1. The fourth-order valence-corrected chi connectivity index (χ4v) is 1.53. The summed E-state index contributed by atoms with van der Waals surface area (Å²) in [6.07, 6.45) is 5.43. The molecule has 0 bridgehead atoms. The molecule has 0 fully saturated rings. The molecule has 0 saturated carbocycles. The predicted octanol–water partition coefficient (Wildman–Crippen LogP) is 1.99. The van der Waals surface area contributed by atoms with E-state index in [4.69, 9.17) is 11.6 Å². The molecule has 2 rings (SSSR count). The molecule has 0 aliphatic carbocycles. The molecule has 6 heteroatoms. The second kappa shape index (κ2) is 4.44. The van der Waals surface area contributed by atoms with Crippen LogP contribution >= 0.6 is 11.6 Å². The van der Waals surface area contributed by atoms with E-state index < -0.39 is 0 Å². The van der Waals surface area contributed by atoms with Crippen LogP contribution in [0.15, 0.2) is 12.4 Å². The van der Waals surface area contributed by atoms with Crippen LogP contribution in [-0.4, -0.2) is 26.1 Å². The van der Waals surface area contributed by atoms with E-state index in [2.05, 4.69) is 27.4 Å². The van der Waals surface area contributed by atoms with Crippen LogP contribution in [0, 0.1) is 0 Å². The minimum absolute atomic E-state index is 0.511. The first-order valence-electron chi connectivity index (χ1n) is 4.91. The molecule has 2 aromatic rings. The van der Waals surface area contributed by atoms with E-state index in [0.717, 1.165) is 19.4 Å². The summed E-state index contributed by atoms with van der Waals surface area (Å²) < 4.78 is 1.74. The van der Waals surface area contributed by atoms with Crippen LogP contribution in [0.1, 0.15) is 19.8 Å². The summed E-state index contributed by atoms with van der Waals surface area (Å²) in [4.78, 5) is 3.94. The van der Waals surface area contributed by atoms with Gasteiger partial charge in [0.25, 0.3) is 0 Å². The minimum Gasteiger partial charge on any atom is -0.354 e. The summed E-state index contributed by atoms with van der Waals surface area (Å²) in [5, 5.41) is 11.7. The van der Waals surface area contributed by atoms with E-state index in [9.17, 15) is 0 Å². The summed E-state index contributed by atoms with van der Waals surface area (Å²) in [7, 11) is 0. The van der Waals surface area contributed by atoms with E-state index in [0.29, 0.717) is 16.7 Å². The molecule has 0 aromatic carbocycles. The normalized spacial score (nSPS) is 10.8. The third-order valence-corrected chi connectivity index (χ3v) is 2.35. The van der Waals surface area contributed by atoms with Gasteiger partial charge in [-0.25, -0.2) is 4.40 Å². The Morgan fingerprint density at radius 1 is 1.40 bits per heavy atom. The molecule has 2 heterocycles. The molecule has 80 valence electrons. The van der Waals surface area contributed by atoms with Crippen molar-refractivity contribution < 1.29 is 0 Å². The third-order valence-electron chi connectivity index (χ3n) is 2.09. The molecular formula is C9H12ClN5. The summed E-state index contributed by atoms with van der Waals surface area (Å²) in [6.45, 7) is 3.01. The SMILES string of the molecule is CCCCNc1nnc2cncc(Cl)n12. The number of nitrogens with zero attached hydrogens (tertiary/aromatic N) is 4. The number of hydrogen-bond donors (Lipinski definition) is 1. The first-order valence-corrected chi connectivity index (χ1v) is 5.29. The second-order valence-electron chi connectivity index (χ2n) is 3.23. The largest absolute Gasteiger partial charge is 0.354 e. The molecule has 2 aromatic heterocycles. The lowest BCUT2D eigenvalue weighted by atomic mass is 10.3. The number of fused-ring (bicyclic) bond motifs is 1. The summed E-state index contributed by atoms with van der Waals surface area (Å²) in [5.74, 6) is 0.672. The quantitative estimate of drug-likeness (QED) is 0.809. The zero-order valence-electron chi connectivity index (χ0n) is 8.44. The average molecular weight is 226 g/mol. The Labute approximate surface area is 92.5 Å². The van der Waals surface area contributed by atoms with Crippen molar-refractivity contribution in [2.75, 3.05) is 11.9 Å². The van der Waals surface area contributed by atoms with Gasteiger partial charge in [0.15, 0.2) is 5.65 Å². The topological polar surface area (TPSA) is 55.1 Å². The minimum atomic E-state index is 0.511. The first kappa shape index (κ1) is 10.2. The van der Waals surface area contributed by atoms with E-state index in [1.165, 1.54) is 0 Å². The van der Waals surface area contributed by atoms with Crippen LogP contribution in [0.2, 0.25) is 5.15 Å². The Morgan fingerprint density at radius 3 is 3.07 bits per heavy atom. The molecule has 0 aliphatic rings. The number of aromatic nitrogens is 4. The first-order chi connectivity index (χ1) is 7.33. The van der Waals surface area contributed by atoms with Gasteiger partial charge in [-0.1, -0.05) is 24.9 Å². The van der Waals surface area contributed by atoms with Gasteiger partial charge in [-0.15, -0.1) is 10.2 Å². The van der Waals surface area contributed by atoms with E-state index >= 15 is 0 Å². The molecule has 0 radical (unpaired) electrons. The van der Waals surface area contributed by atoms with Gasteiger partial charge >= 0.3 is 0 Å². The third kappa shape index (κ3) is 2.02. The summed E-state index contributed by atoms with van der Waals surface area (Å²) >= 11 is 6.00. The Morgan fingerprint density at radius 2 is 2.27 bits per heavy atom. The van der Waals surface area contributed by atoms with Crippen LogP contribution in [0.4, 0.5) is 5.95 Å². The smallest absolute Gasteiger partial charge is 0.230 e. The fraction of sp³-hybridized carbons (Fsp3) is 0.444. The van der Waals surface area contributed by atoms with Gasteiger partial charge in [-0.05, 0) is 6.42 Å². The number of halogens is 1. The number of rotatable bonds is 4. The summed E-state index contributed by atoms with van der Waals surface area (Å²) in [6, 6.07) is 0. The molecule has 0 unspecified atom stereocenters. The van der Waals surface area contributed by atoms with Gasteiger partial charge < -0.3 is 5.32 Å². The molecule has 1 N–H and O–H groups in total. The Bertz CT molecular complexity index is 453. The van der Waals surface area contributed by atoms with Crippen LogP contribution in [0.25, 0.3) is 5.65 Å². The van der Waals surface area contributed by atoms with Gasteiger partial charge in [0.1, 0.15) is 5.15 Å². The lowest BCUT2D eigenvalue weighted by molar-refractivity contribution is 0.824. The van der Waals surface area contributed by atoms with E-state index in [1.54, 1.807) is 16.8 Å².